The first-order valence-electron chi connectivity index (χ1n) is 5.53. The molecule has 1 rings (SSSR count). The van der Waals surface area contributed by atoms with E-state index >= 15 is 0 Å². The molecule has 16 heavy (non-hydrogen) atoms. The predicted molar refractivity (Wildman–Crippen MR) is 62.3 cm³/mol. The lowest BCUT2D eigenvalue weighted by atomic mass is 10.1. The smallest absolute Gasteiger partial charge is 0.340 e. The highest BCUT2D eigenvalue weighted by Gasteiger charge is 2.24. The zero-order chi connectivity index (χ0) is 12.0. The van der Waals surface area contributed by atoms with Crippen molar-refractivity contribution in [1.29, 1.82) is 0 Å². The Kier molecular flexibility index (Phi) is 4.99. The van der Waals surface area contributed by atoms with E-state index < -0.39 is 6.10 Å². The maximum atomic E-state index is 11.8. The molecule has 0 heterocycles. The average molecular weight is 222 g/mol. The van der Waals surface area contributed by atoms with Crippen LogP contribution in [0.25, 0.3) is 0 Å². The quantitative estimate of drug-likeness (QED) is 0.567. The van der Waals surface area contributed by atoms with Crippen molar-refractivity contribution >= 4 is 5.97 Å². The van der Waals surface area contributed by atoms with Crippen molar-refractivity contribution in [2.45, 2.75) is 26.9 Å². The van der Waals surface area contributed by atoms with Gasteiger partial charge in [-0.15, -0.1) is 0 Å². The zero-order valence-electron chi connectivity index (χ0n) is 9.97. The van der Waals surface area contributed by atoms with Crippen molar-refractivity contribution in [2.75, 3.05) is 6.61 Å². The maximum Gasteiger partial charge on any atom is 0.340 e. The van der Waals surface area contributed by atoms with Gasteiger partial charge in [-0.25, -0.2) is 4.79 Å². The molecule has 0 radical (unpaired) electrons. The van der Waals surface area contributed by atoms with Crippen LogP contribution in [0.2, 0.25) is 0 Å². The molecule has 0 aliphatic rings. The molecule has 0 N–H and O–H groups in total. The van der Waals surface area contributed by atoms with Gasteiger partial charge >= 0.3 is 5.97 Å². The summed E-state index contributed by atoms with van der Waals surface area (Å²) in [7, 11) is 0. The van der Waals surface area contributed by atoms with Crippen LogP contribution in [-0.2, 0) is 9.53 Å². The van der Waals surface area contributed by atoms with E-state index in [9.17, 15) is 4.79 Å². The van der Waals surface area contributed by atoms with Crippen LogP contribution in [0.3, 0.4) is 0 Å². The van der Waals surface area contributed by atoms with Crippen LogP contribution in [0.4, 0.5) is 0 Å². The topological polar surface area (TPSA) is 35.5 Å². The van der Waals surface area contributed by atoms with E-state index in [1.807, 2.05) is 39.0 Å². The van der Waals surface area contributed by atoms with Crippen molar-refractivity contribution in [3.8, 4) is 5.75 Å². The number of hydrogen-bond donors (Lipinski definition) is 0. The van der Waals surface area contributed by atoms with Gasteiger partial charge in [0.05, 0.1) is 0 Å². The first-order valence-corrected chi connectivity index (χ1v) is 5.53. The van der Waals surface area contributed by atoms with Gasteiger partial charge in [0.15, 0.2) is 6.10 Å². The van der Waals surface area contributed by atoms with Crippen molar-refractivity contribution in [3.05, 3.63) is 30.3 Å². The second-order valence-corrected chi connectivity index (χ2v) is 3.85. The number of hydrogen-bond acceptors (Lipinski definition) is 3. The van der Waals surface area contributed by atoms with Crippen LogP contribution in [0.15, 0.2) is 30.3 Å². The van der Waals surface area contributed by atoms with E-state index in [0.29, 0.717) is 12.4 Å². The minimum atomic E-state index is -0.495. The molecule has 1 unspecified atom stereocenters. The monoisotopic (exact) mass is 222 g/mol. The molecule has 0 fully saturated rings. The van der Waals surface area contributed by atoms with E-state index in [-0.39, 0.29) is 11.9 Å². The zero-order valence-corrected chi connectivity index (χ0v) is 9.97. The van der Waals surface area contributed by atoms with E-state index in [2.05, 4.69) is 0 Å². The van der Waals surface area contributed by atoms with Gasteiger partial charge in [0.2, 0.25) is 0 Å². The molecule has 0 saturated carbocycles. The molecule has 1 aromatic carbocycles. The Morgan fingerprint density at radius 2 is 1.88 bits per heavy atom. The molecule has 1 aromatic rings. The van der Waals surface area contributed by atoms with Crippen LogP contribution >= 0.6 is 0 Å². The van der Waals surface area contributed by atoms with Crippen molar-refractivity contribution in [3.63, 3.8) is 0 Å². The van der Waals surface area contributed by atoms with Gasteiger partial charge in [0, 0.05) is 6.61 Å². The highest BCUT2D eigenvalue weighted by Crippen LogP contribution is 2.13. The summed E-state index contributed by atoms with van der Waals surface area (Å²) in [5.74, 6) is 0.331. The fourth-order valence-corrected chi connectivity index (χ4v) is 1.37. The van der Waals surface area contributed by atoms with Crippen molar-refractivity contribution in [2.24, 2.45) is 5.92 Å². The summed E-state index contributed by atoms with van der Waals surface area (Å²) >= 11 is 0. The highest BCUT2D eigenvalue weighted by molar-refractivity contribution is 5.77. The summed E-state index contributed by atoms with van der Waals surface area (Å²) < 4.78 is 10.6. The number of carbonyl (C=O) groups is 1. The van der Waals surface area contributed by atoms with Gasteiger partial charge in [-0.05, 0) is 25.0 Å². The Morgan fingerprint density at radius 1 is 1.25 bits per heavy atom. The second-order valence-electron chi connectivity index (χ2n) is 3.85. The highest BCUT2D eigenvalue weighted by atomic mass is 16.6. The average Bonchev–Trinajstić information content (AvgIpc) is 2.26. The standard InChI is InChI=1S/C13H18O3/c1-4-15-12(10(2)3)13(14)16-11-8-6-5-7-9-11/h5-10,12H,4H2,1-3H3. The van der Waals surface area contributed by atoms with Gasteiger partial charge in [-0.1, -0.05) is 32.0 Å². The summed E-state index contributed by atoms with van der Waals surface area (Å²) in [5.41, 5.74) is 0. The predicted octanol–water partition coefficient (Wildman–Crippen LogP) is 2.65. The minimum absolute atomic E-state index is 0.108. The van der Waals surface area contributed by atoms with Crippen LogP contribution in [-0.4, -0.2) is 18.7 Å². The summed E-state index contributed by atoms with van der Waals surface area (Å²) in [4.78, 5) is 11.8. The minimum Gasteiger partial charge on any atom is -0.425 e. The number of para-hydroxylation sites is 1. The van der Waals surface area contributed by atoms with Gasteiger partial charge in [-0.2, -0.15) is 0 Å². The Morgan fingerprint density at radius 3 is 2.38 bits per heavy atom. The molecular formula is C13H18O3. The summed E-state index contributed by atoms with van der Waals surface area (Å²) in [6, 6.07) is 9.03. The van der Waals surface area contributed by atoms with Crippen LogP contribution in [0.5, 0.6) is 5.75 Å². The molecule has 3 nitrogen and oxygen atoms in total. The van der Waals surface area contributed by atoms with Gasteiger partial charge in [0.25, 0.3) is 0 Å². The third kappa shape index (κ3) is 3.66. The number of rotatable bonds is 5. The molecule has 0 spiro atoms. The molecule has 0 aliphatic heterocycles. The molecule has 0 aliphatic carbocycles. The SMILES string of the molecule is CCOC(C(=O)Oc1ccccc1)C(C)C. The van der Waals surface area contributed by atoms with Gasteiger partial charge < -0.3 is 9.47 Å². The third-order valence-electron chi connectivity index (χ3n) is 2.15. The van der Waals surface area contributed by atoms with Gasteiger partial charge in [-0.3, -0.25) is 0 Å². The molecule has 0 aromatic heterocycles. The Balaban J connectivity index is 2.62. The fourth-order valence-electron chi connectivity index (χ4n) is 1.37. The molecule has 3 heteroatoms. The lowest BCUT2D eigenvalue weighted by Crippen LogP contribution is -2.33. The number of ether oxygens (including phenoxy) is 2. The van der Waals surface area contributed by atoms with Crippen molar-refractivity contribution < 1.29 is 14.3 Å². The first-order chi connectivity index (χ1) is 7.65. The molecular weight excluding hydrogens is 204 g/mol. The van der Waals surface area contributed by atoms with E-state index in [4.69, 9.17) is 9.47 Å². The van der Waals surface area contributed by atoms with E-state index in [1.54, 1.807) is 12.1 Å². The number of carbonyl (C=O) groups excluding carboxylic acids is 1. The third-order valence-corrected chi connectivity index (χ3v) is 2.15. The lowest BCUT2D eigenvalue weighted by molar-refractivity contribution is -0.150. The molecule has 0 amide bonds. The first kappa shape index (κ1) is 12.7. The number of benzene rings is 1. The van der Waals surface area contributed by atoms with Crippen LogP contribution < -0.4 is 4.74 Å². The Hall–Kier alpha value is -1.35. The largest absolute Gasteiger partial charge is 0.425 e. The van der Waals surface area contributed by atoms with Crippen LogP contribution in [0, 0.1) is 5.92 Å². The van der Waals surface area contributed by atoms with E-state index in [1.165, 1.54) is 0 Å². The fraction of sp³-hybridized carbons (Fsp3) is 0.462. The van der Waals surface area contributed by atoms with Crippen LogP contribution in [0.1, 0.15) is 20.8 Å². The summed E-state index contributed by atoms with van der Waals surface area (Å²) in [5, 5.41) is 0. The molecule has 88 valence electrons. The number of esters is 1. The summed E-state index contributed by atoms with van der Waals surface area (Å²) in [6.07, 6.45) is -0.495. The van der Waals surface area contributed by atoms with Crippen molar-refractivity contribution in [1.82, 2.24) is 0 Å². The van der Waals surface area contributed by atoms with E-state index in [0.717, 1.165) is 0 Å². The summed E-state index contributed by atoms with van der Waals surface area (Å²) in [6.45, 7) is 6.25. The lowest BCUT2D eigenvalue weighted by Gasteiger charge is -2.18. The Labute approximate surface area is 96.4 Å². The second kappa shape index (κ2) is 6.28. The normalized spacial score (nSPS) is 12.5. The van der Waals surface area contributed by atoms with Gasteiger partial charge in [0.1, 0.15) is 5.75 Å². The molecule has 1 atom stereocenters. The maximum absolute atomic E-state index is 11.8. The molecule has 0 saturated heterocycles. The Bertz CT molecular complexity index is 319. The molecule has 0 bridgehead atoms.